The number of carbonyl (C=O) groups excluding carboxylic acids is 1. The van der Waals surface area contributed by atoms with E-state index in [1.165, 1.54) is 11.3 Å². The molecule has 2 heterocycles. The van der Waals surface area contributed by atoms with Gasteiger partial charge in [0.25, 0.3) is 5.19 Å². The van der Waals surface area contributed by atoms with Crippen LogP contribution in [0.25, 0.3) is 0 Å². The molecule has 20 heavy (non-hydrogen) atoms. The second-order valence-electron chi connectivity index (χ2n) is 5.93. The summed E-state index contributed by atoms with van der Waals surface area (Å²) >= 11 is 1.46. The van der Waals surface area contributed by atoms with Gasteiger partial charge in [0.1, 0.15) is 12.2 Å². The monoisotopic (exact) mass is 298 g/mol. The van der Waals surface area contributed by atoms with Gasteiger partial charge >= 0.3 is 6.09 Å². The standard InChI is InChI=1S/C14H22N2O3S/c1-14(2,3)19-13(17)16-8-5-4-6-11(16)10-18-12-15-7-9-20-12/h7,9,11H,4-6,8,10H2,1-3H3/t11-/m1/s1. The minimum absolute atomic E-state index is 0.0718. The molecule has 1 atom stereocenters. The Morgan fingerprint density at radius 2 is 2.30 bits per heavy atom. The second kappa shape index (κ2) is 6.43. The van der Waals surface area contributed by atoms with Crippen molar-refractivity contribution in [3.05, 3.63) is 11.6 Å². The fourth-order valence-electron chi connectivity index (χ4n) is 2.18. The molecule has 0 bridgehead atoms. The molecule has 0 aromatic carbocycles. The molecule has 0 aliphatic carbocycles. The Morgan fingerprint density at radius 1 is 1.50 bits per heavy atom. The first-order valence-electron chi connectivity index (χ1n) is 6.97. The Labute approximate surface area is 123 Å². The maximum atomic E-state index is 12.2. The highest BCUT2D eigenvalue weighted by Gasteiger charge is 2.30. The van der Waals surface area contributed by atoms with Crippen LogP contribution in [0.3, 0.4) is 0 Å². The summed E-state index contributed by atoms with van der Waals surface area (Å²) in [6, 6.07) is 0.0718. The average molecular weight is 298 g/mol. The van der Waals surface area contributed by atoms with Crippen molar-refractivity contribution in [3.8, 4) is 5.19 Å². The molecule has 0 unspecified atom stereocenters. The minimum atomic E-state index is -0.463. The van der Waals surface area contributed by atoms with Crippen molar-refractivity contribution < 1.29 is 14.3 Å². The summed E-state index contributed by atoms with van der Waals surface area (Å²) in [5.74, 6) is 0. The van der Waals surface area contributed by atoms with Gasteiger partial charge in [0, 0.05) is 18.1 Å². The highest BCUT2D eigenvalue weighted by molar-refractivity contribution is 7.11. The number of hydrogen-bond donors (Lipinski definition) is 0. The molecular weight excluding hydrogens is 276 g/mol. The van der Waals surface area contributed by atoms with Crippen molar-refractivity contribution in [1.82, 2.24) is 9.88 Å². The molecule has 1 aliphatic rings. The lowest BCUT2D eigenvalue weighted by Crippen LogP contribution is -2.48. The molecule has 1 aliphatic heterocycles. The zero-order chi connectivity index (χ0) is 14.6. The maximum Gasteiger partial charge on any atom is 0.410 e. The van der Waals surface area contributed by atoms with Gasteiger partial charge in [-0.1, -0.05) is 11.3 Å². The molecule has 1 fully saturated rings. The molecule has 0 spiro atoms. The predicted octanol–water partition coefficient (Wildman–Crippen LogP) is 3.31. The van der Waals surface area contributed by atoms with Crippen LogP contribution in [0.1, 0.15) is 40.0 Å². The van der Waals surface area contributed by atoms with E-state index in [0.29, 0.717) is 11.8 Å². The highest BCUT2D eigenvalue weighted by atomic mass is 32.1. The predicted molar refractivity (Wildman–Crippen MR) is 78.2 cm³/mol. The van der Waals surface area contributed by atoms with Crippen LogP contribution >= 0.6 is 11.3 Å². The number of rotatable bonds is 3. The lowest BCUT2D eigenvalue weighted by Gasteiger charge is -2.36. The average Bonchev–Trinajstić information content (AvgIpc) is 2.87. The van der Waals surface area contributed by atoms with E-state index in [1.54, 1.807) is 11.1 Å². The number of thiazole rings is 1. The maximum absolute atomic E-state index is 12.2. The second-order valence-corrected chi connectivity index (χ2v) is 6.79. The summed E-state index contributed by atoms with van der Waals surface area (Å²) in [6.45, 7) is 6.87. The van der Waals surface area contributed by atoms with E-state index < -0.39 is 5.60 Å². The summed E-state index contributed by atoms with van der Waals surface area (Å²) in [7, 11) is 0. The van der Waals surface area contributed by atoms with E-state index >= 15 is 0 Å². The lowest BCUT2D eigenvalue weighted by molar-refractivity contribution is 0.00360. The number of likely N-dealkylation sites (tertiary alicyclic amines) is 1. The van der Waals surface area contributed by atoms with Crippen LogP contribution in [0.2, 0.25) is 0 Å². The van der Waals surface area contributed by atoms with Gasteiger partial charge in [-0.3, -0.25) is 0 Å². The molecule has 0 radical (unpaired) electrons. The molecule has 1 amide bonds. The number of piperidine rings is 1. The third-order valence-corrected chi connectivity index (χ3v) is 3.75. The summed E-state index contributed by atoms with van der Waals surface area (Å²) in [5, 5.41) is 2.53. The van der Waals surface area contributed by atoms with Gasteiger partial charge in [-0.25, -0.2) is 9.78 Å². The number of ether oxygens (including phenoxy) is 2. The summed E-state index contributed by atoms with van der Waals surface area (Å²) < 4.78 is 11.1. The molecule has 5 nitrogen and oxygen atoms in total. The molecule has 1 saturated heterocycles. The topological polar surface area (TPSA) is 51.7 Å². The van der Waals surface area contributed by atoms with Gasteiger partial charge in [-0.2, -0.15) is 0 Å². The third-order valence-electron chi connectivity index (χ3n) is 3.06. The van der Waals surface area contributed by atoms with Crippen LogP contribution in [0.4, 0.5) is 4.79 Å². The Kier molecular flexibility index (Phi) is 4.86. The van der Waals surface area contributed by atoms with Crippen LogP contribution in [0, 0.1) is 0 Å². The van der Waals surface area contributed by atoms with E-state index in [1.807, 2.05) is 26.2 Å². The van der Waals surface area contributed by atoms with Crippen LogP contribution in [-0.4, -0.2) is 40.8 Å². The largest absolute Gasteiger partial charge is 0.468 e. The SMILES string of the molecule is CC(C)(C)OC(=O)N1CCCC[C@@H]1COc1nccs1. The van der Waals surface area contributed by atoms with Crippen molar-refractivity contribution in [2.24, 2.45) is 0 Å². The van der Waals surface area contributed by atoms with E-state index in [2.05, 4.69) is 4.98 Å². The summed E-state index contributed by atoms with van der Waals surface area (Å²) in [5.41, 5.74) is -0.463. The van der Waals surface area contributed by atoms with Crippen molar-refractivity contribution in [2.75, 3.05) is 13.2 Å². The molecule has 112 valence electrons. The first kappa shape index (κ1) is 15.1. The molecule has 0 N–H and O–H groups in total. The van der Waals surface area contributed by atoms with Crippen LogP contribution < -0.4 is 4.74 Å². The number of aromatic nitrogens is 1. The first-order chi connectivity index (χ1) is 9.46. The Bertz CT molecular complexity index is 428. The number of hydrogen-bond acceptors (Lipinski definition) is 5. The lowest BCUT2D eigenvalue weighted by atomic mass is 10.0. The van der Waals surface area contributed by atoms with Gasteiger partial charge in [0.15, 0.2) is 0 Å². The van der Waals surface area contributed by atoms with Crippen molar-refractivity contribution >= 4 is 17.4 Å². The summed E-state index contributed by atoms with van der Waals surface area (Å²) in [4.78, 5) is 18.1. The van der Waals surface area contributed by atoms with Crippen molar-refractivity contribution in [2.45, 2.75) is 51.7 Å². The highest BCUT2D eigenvalue weighted by Crippen LogP contribution is 2.22. The van der Waals surface area contributed by atoms with E-state index in [0.717, 1.165) is 25.8 Å². The minimum Gasteiger partial charge on any atom is -0.468 e. The summed E-state index contributed by atoms with van der Waals surface area (Å²) in [6.07, 6.45) is 4.56. The zero-order valence-corrected chi connectivity index (χ0v) is 13.1. The van der Waals surface area contributed by atoms with Gasteiger partial charge in [0.2, 0.25) is 0 Å². The fourth-order valence-corrected chi connectivity index (χ4v) is 2.68. The smallest absolute Gasteiger partial charge is 0.410 e. The Morgan fingerprint density at radius 3 is 2.95 bits per heavy atom. The molecular formula is C14H22N2O3S. The number of nitrogens with zero attached hydrogens (tertiary/aromatic N) is 2. The van der Waals surface area contributed by atoms with Gasteiger partial charge in [-0.15, -0.1) is 0 Å². The number of amides is 1. The molecule has 6 heteroatoms. The van der Waals surface area contributed by atoms with Crippen molar-refractivity contribution in [1.29, 1.82) is 0 Å². The van der Waals surface area contributed by atoms with Gasteiger partial charge in [-0.05, 0) is 40.0 Å². The van der Waals surface area contributed by atoms with Gasteiger partial charge in [0.05, 0.1) is 6.04 Å². The van der Waals surface area contributed by atoms with E-state index in [9.17, 15) is 4.79 Å². The Hall–Kier alpha value is -1.30. The van der Waals surface area contributed by atoms with E-state index in [-0.39, 0.29) is 12.1 Å². The zero-order valence-electron chi connectivity index (χ0n) is 12.3. The normalized spacial score (nSPS) is 19.8. The van der Waals surface area contributed by atoms with Crippen molar-refractivity contribution in [3.63, 3.8) is 0 Å². The number of carbonyl (C=O) groups is 1. The molecule has 1 aromatic rings. The third kappa shape index (κ3) is 4.37. The van der Waals surface area contributed by atoms with E-state index in [4.69, 9.17) is 9.47 Å². The molecule has 1 aromatic heterocycles. The Balaban J connectivity index is 1.92. The van der Waals surface area contributed by atoms with Crippen LogP contribution in [0.15, 0.2) is 11.6 Å². The molecule has 0 saturated carbocycles. The first-order valence-corrected chi connectivity index (χ1v) is 7.85. The quantitative estimate of drug-likeness (QED) is 0.859. The van der Waals surface area contributed by atoms with Crippen LogP contribution in [-0.2, 0) is 4.74 Å². The molecule has 2 rings (SSSR count). The fraction of sp³-hybridized carbons (Fsp3) is 0.714. The van der Waals surface area contributed by atoms with Crippen LogP contribution in [0.5, 0.6) is 5.19 Å². The van der Waals surface area contributed by atoms with Gasteiger partial charge < -0.3 is 14.4 Å².